The third kappa shape index (κ3) is 10.6. The number of hydrogen-bond donors (Lipinski definition) is 3. The summed E-state index contributed by atoms with van der Waals surface area (Å²) in [6.07, 6.45) is 1.52. The number of aliphatic carboxylic acids is 1. The van der Waals surface area contributed by atoms with Crippen molar-refractivity contribution in [3.8, 4) is 0 Å². The minimum atomic E-state index is -3.13. The standard InChI is InChI=1S/C12H24N2O5S/c1-12(2,3)7-9(10(15)16)8-14-11(17)13-5-6-20(4,18)19/h9H,5-8H2,1-4H3,(H,15,16)(H2,13,14,17). The number of carboxylic acid groups (broad SMARTS) is 1. The lowest BCUT2D eigenvalue weighted by Gasteiger charge is -2.23. The number of carbonyl (C=O) groups excluding carboxylic acids is 1. The number of rotatable bonds is 7. The molecule has 1 atom stereocenters. The highest BCUT2D eigenvalue weighted by Crippen LogP contribution is 2.24. The van der Waals surface area contributed by atoms with E-state index in [1.807, 2.05) is 20.8 Å². The van der Waals surface area contributed by atoms with Gasteiger partial charge in [0.05, 0.1) is 11.7 Å². The van der Waals surface area contributed by atoms with Crippen LogP contribution in [0.2, 0.25) is 0 Å². The van der Waals surface area contributed by atoms with Gasteiger partial charge in [-0.05, 0) is 11.8 Å². The third-order valence-corrected chi connectivity index (χ3v) is 3.42. The molecule has 0 heterocycles. The molecule has 0 aliphatic rings. The van der Waals surface area contributed by atoms with E-state index in [0.29, 0.717) is 6.42 Å². The van der Waals surface area contributed by atoms with E-state index < -0.39 is 27.8 Å². The van der Waals surface area contributed by atoms with Crippen LogP contribution in [0, 0.1) is 11.3 Å². The maximum Gasteiger partial charge on any atom is 0.314 e. The van der Waals surface area contributed by atoms with Gasteiger partial charge in [0.15, 0.2) is 0 Å². The maximum atomic E-state index is 11.4. The first-order valence-electron chi connectivity index (χ1n) is 6.33. The highest BCUT2D eigenvalue weighted by Gasteiger charge is 2.24. The largest absolute Gasteiger partial charge is 0.481 e. The zero-order valence-electron chi connectivity index (χ0n) is 12.4. The Morgan fingerprint density at radius 3 is 2.15 bits per heavy atom. The van der Waals surface area contributed by atoms with Gasteiger partial charge in [-0.15, -0.1) is 0 Å². The van der Waals surface area contributed by atoms with Gasteiger partial charge >= 0.3 is 12.0 Å². The second-order valence-electron chi connectivity index (χ2n) is 6.07. The molecule has 0 aromatic rings. The average Bonchev–Trinajstić information content (AvgIpc) is 2.20. The van der Waals surface area contributed by atoms with Gasteiger partial charge in [-0.1, -0.05) is 20.8 Å². The molecule has 0 aliphatic carbocycles. The molecular formula is C12H24N2O5S. The number of hydrogen-bond acceptors (Lipinski definition) is 4. The Labute approximate surface area is 120 Å². The predicted octanol–water partition coefficient (Wildman–Crippen LogP) is 0.467. The van der Waals surface area contributed by atoms with Crippen molar-refractivity contribution in [3.05, 3.63) is 0 Å². The smallest absolute Gasteiger partial charge is 0.314 e. The van der Waals surface area contributed by atoms with E-state index in [1.54, 1.807) is 0 Å². The van der Waals surface area contributed by atoms with Crippen molar-refractivity contribution in [2.24, 2.45) is 11.3 Å². The van der Waals surface area contributed by atoms with E-state index in [0.717, 1.165) is 6.26 Å². The van der Waals surface area contributed by atoms with Crippen LogP contribution in [-0.4, -0.2) is 50.6 Å². The zero-order chi connectivity index (χ0) is 16.0. The van der Waals surface area contributed by atoms with Crippen LogP contribution in [0.15, 0.2) is 0 Å². The van der Waals surface area contributed by atoms with E-state index in [1.165, 1.54) is 0 Å². The van der Waals surface area contributed by atoms with Crippen molar-refractivity contribution < 1.29 is 23.1 Å². The van der Waals surface area contributed by atoms with Gasteiger partial charge in [0, 0.05) is 19.3 Å². The van der Waals surface area contributed by atoms with Crippen LogP contribution in [0.3, 0.4) is 0 Å². The van der Waals surface area contributed by atoms with Crippen LogP contribution in [-0.2, 0) is 14.6 Å². The summed E-state index contributed by atoms with van der Waals surface area (Å²) in [7, 11) is -3.13. The second-order valence-corrected chi connectivity index (χ2v) is 8.33. The van der Waals surface area contributed by atoms with Crippen molar-refractivity contribution in [3.63, 3.8) is 0 Å². The van der Waals surface area contributed by atoms with Crippen LogP contribution < -0.4 is 10.6 Å². The lowest BCUT2D eigenvalue weighted by molar-refractivity contribution is -0.142. The molecule has 0 aromatic carbocycles. The number of carbonyl (C=O) groups is 2. The number of amides is 2. The SMILES string of the molecule is CC(C)(C)CC(CNC(=O)NCCS(C)(=O)=O)C(=O)O. The number of nitrogens with one attached hydrogen (secondary N) is 2. The Kier molecular flexibility index (Phi) is 6.98. The second kappa shape index (κ2) is 7.47. The van der Waals surface area contributed by atoms with E-state index in [-0.39, 0.29) is 24.3 Å². The van der Waals surface area contributed by atoms with Gasteiger partial charge in [-0.3, -0.25) is 4.79 Å². The molecule has 0 rings (SSSR count). The van der Waals surface area contributed by atoms with Crippen molar-refractivity contribution >= 4 is 21.8 Å². The summed E-state index contributed by atoms with van der Waals surface area (Å²) in [5, 5.41) is 13.9. The van der Waals surface area contributed by atoms with Crippen LogP contribution in [0.5, 0.6) is 0 Å². The summed E-state index contributed by atoms with van der Waals surface area (Å²) >= 11 is 0. The first-order chi connectivity index (χ1) is 8.91. The maximum absolute atomic E-state index is 11.4. The molecule has 0 saturated heterocycles. The molecule has 0 aliphatic heterocycles. The summed E-state index contributed by atoms with van der Waals surface area (Å²) in [6, 6.07) is -0.561. The highest BCUT2D eigenvalue weighted by atomic mass is 32.2. The van der Waals surface area contributed by atoms with Gasteiger partial charge in [0.1, 0.15) is 9.84 Å². The summed E-state index contributed by atoms with van der Waals surface area (Å²) < 4.78 is 21.8. The topological polar surface area (TPSA) is 113 Å². The molecule has 8 heteroatoms. The highest BCUT2D eigenvalue weighted by molar-refractivity contribution is 7.90. The molecule has 2 amide bonds. The van der Waals surface area contributed by atoms with Gasteiger partial charge in [-0.2, -0.15) is 0 Å². The molecule has 7 nitrogen and oxygen atoms in total. The summed E-state index contributed by atoms with van der Waals surface area (Å²) in [4.78, 5) is 22.5. The first kappa shape index (κ1) is 18.7. The van der Waals surface area contributed by atoms with Crippen LogP contribution in [0.25, 0.3) is 0 Å². The van der Waals surface area contributed by atoms with Crippen molar-refractivity contribution in [2.45, 2.75) is 27.2 Å². The number of sulfone groups is 1. The Morgan fingerprint density at radius 1 is 1.20 bits per heavy atom. The molecule has 20 heavy (non-hydrogen) atoms. The molecule has 0 saturated carbocycles. The Bertz CT molecular complexity index is 439. The van der Waals surface area contributed by atoms with Gasteiger partial charge in [0.25, 0.3) is 0 Å². The molecule has 118 valence electrons. The lowest BCUT2D eigenvalue weighted by Crippen LogP contribution is -2.42. The van der Waals surface area contributed by atoms with Gasteiger partial charge in [-0.25, -0.2) is 13.2 Å². The van der Waals surface area contributed by atoms with Crippen molar-refractivity contribution in [2.75, 3.05) is 25.1 Å². The van der Waals surface area contributed by atoms with Crippen molar-refractivity contribution in [1.29, 1.82) is 0 Å². The molecule has 0 bridgehead atoms. The molecule has 1 unspecified atom stereocenters. The predicted molar refractivity (Wildman–Crippen MR) is 76.3 cm³/mol. The molecular weight excluding hydrogens is 284 g/mol. The van der Waals surface area contributed by atoms with Crippen LogP contribution >= 0.6 is 0 Å². The van der Waals surface area contributed by atoms with E-state index >= 15 is 0 Å². The van der Waals surface area contributed by atoms with Gasteiger partial charge in [0.2, 0.25) is 0 Å². The third-order valence-electron chi connectivity index (χ3n) is 2.48. The number of urea groups is 1. The molecule has 0 spiro atoms. The normalized spacial score (nSPS) is 13.6. The Hall–Kier alpha value is -1.31. The molecule has 3 N–H and O–H groups in total. The summed E-state index contributed by atoms with van der Waals surface area (Å²) in [5.41, 5.74) is -0.155. The zero-order valence-corrected chi connectivity index (χ0v) is 13.2. The minimum Gasteiger partial charge on any atom is -0.481 e. The van der Waals surface area contributed by atoms with E-state index in [2.05, 4.69) is 10.6 Å². The fourth-order valence-corrected chi connectivity index (χ4v) is 2.09. The monoisotopic (exact) mass is 308 g/mol. The first-order valence-corrected chi connectivity index (χ1v) is 8.39. The number of carboxylic acids is 1. The fourth-order valence-electron chi connectivity index (χ4n) is 1.61. The van der Waals surface area contributed by atoms with E-state index in [9.17, 15) is 18.0 Å². The lowest BCUT2D eigenvalue weighted by atomic mass is 9.84. The molecule has 0 radical (unpaired) electrons. The van der Waals surface area contributed by atoms with Crippen LogP contribution in [0.4, 0.5) is 4.79 Å². The minimum absolute atomic E-state index is 0.00166. The average molecular weight is 308 g/mol. The Balaban J connectivity index is 4.16. The van der Waals surface area contributed by atoms with Crippen LogP contribution in [0.1, 0.15) is 27.2 Å². The molecule has 0 fully saturated rings. The van der Waals surface area contributed by atoms with Crippen molar-refractivity contribution in [1.82, 2.24) is 10.6 Å². The summed E-state index contributed by atoms with van der Waals surface area (Å²) in [5.74, 6) is -1.78. The van der Waals surface area contributed by atoms with E-state index in [4.69, 9.17) is 5.11 Å². The Morgan fingerprint density at radius 2 is 1.75 bits per heavy atom. The molecule has 0 aromatic heterocycles. The quantitative estimate of drug-likeness (QED) is 0.632. The summed E-state index contributed by atoms with van der Waals surface area (Å²) in [6.45, 7) is 5.79. The van der Waals surface area contributed by atoms with Gasteiger partial charge < -0.3 is 15.7 Å². The fraction of sp³-hybridized carbons (Fsp3) is 0.833.